The number of thioether (sulfide) groups is 1. The number of hydrogen-bond acceptors (Lipinski definition) is 5. The minimum Gasteiger partial charge on any atom is -0.375 e. The van der Waals surface area contributed by atoms with Crippen LogP contribution in [0.5, 0.6) is 0 Å². The predicted octanol–water partition coefficient (Wildman–Crippen LogP) is 5.87. The van der Waals surface area contributed by atoms with Crippen LogP contribution in [0.3, 0.4) is 0 Å². The summed E-state index contributed by atoms with van der Waals surface area (Å²) in [5, 5.41) is 11.9. The highest BCUT2D eigenvalue weighted by Gasteiger charge is 2.15. The standard InChI is InChI=1S/C25H34N2O3S/c1-19-7-8-23(17-25(19)27(28)29)22-10-9-21(15-20(2)31-3)24(16-22)18-30-14-13-26-11-5-4-6-12-26/h7-10,16-17,20H,4-6,11-15,18H2,1-3H3. The molecule has 5 nitrogen and oxygen atoms in total. The average molecular weight is 443 g/mol. The summed E-state index contributed by atoms with van der Waals surface area (Å²) in [6.07, 6.45) is 7.06. The zero-order valence-electron chi connectivity index (χ0n) is 18.9. The molecule has 1 aliphatic rings. The van der Waals surface area contributed by atoms with Gasteiger partial charge in [0.15, 0.2) is 0 Å². The summed E-state index contributed by atoms with van der Waals surface area (Å²) in [5.41, 5.74) is 5.19. The minimum absolute atomic E-state index is 0.164. The van der Waals surface area contributed by atoms with E-state index in [4.69, 9.17) is 4.74 Å². The Kier molecular flexibility index (Phi) is 8.93. The third-order valence-corrected chi connectivity index (χ3v) is 7.08. The summed E-state index contributed by atoms with van der Waals surface area (Å²) in [6.45, 7) is 8.67. The van der Waals surface area contributed by atoms with Crippen molar-refractivity contribution in [2.24, 2.45) is 0 Å². The molecule has 1 heterocycles. The number of rotatable bonds is 10. The molecule has 31 heavy (non-hydrogen) atoms. The molecule has 1 saturated heterocycles. The third-order valence-electron chi connectivity index (χ3n) is 6.11. The molecule has 1 unspecified atom stereocenters. The fourth-order valence-electron chi connectivity index (χ4n) is 4.08. The maximum atomic E-state index is 11.4. The van der Waals surface area contributed by atoms with E-state index in [1.807, 2.05) is 23.9 Å². The molecule has 2 aromatic rings. The second-order valence-electron chi connectivity index (χ2n) is 8.45. The fraction of sp³-hybridized carbons (Fsp3) is 0.520. The van der Waals surface area contributed by atoms with Gasteiger partial charge in [-0.2, -0.15) is 11.8 Å². The number of likely N-dealkylation sites (tertiary alicyclic amines) is 1. The van der Waals surface area contributed by atoms with Crippen molar-refractivity contribution in [2.45, 2.75) is 51.4 Å². The Morgan fingerprint density at radius 1 is 1.10 bits per heavy atom. The first kappa shape index (κ1) is 23.8. The third kappa shape index (κ3) is 6.79. The summed E-state index contributed by atoms with van der Waals surface area (Å²) in [4.78, 5) is 13.5. The molecule has 0 aliphatic carbocycles. The normalized spacial score (nSPS) is 15.7. The lowest BCUT2D eigenvalue weighted by Crippen LogP contribution is -2.32. The van der Waals surface area contributed by atoms with Crippen molar-refractivity contribution < 1.29 is 9.66 Å². The van der Waals surface area contributed by atoms with Gasteiger partial charge in [0.2, 0.25) is 0 Å². The van der Waals surface area contributed by atoms with Crippen LogP contribution in [0.25, 0.3) is 11.1 Å². The van der Waals surface area contributed by atoms with E-state index in [-0.39, 0.29) is 10.6 Å². The Morgan fingerprint density at radius 2 is 1.81 bits per heavy atom. The summed E-state index contributed by atoms with van der Waals surface area (Å²) < 4.78 is 6.09. The highest BCUT2D eigenvalue weighted by atomic mass is 32.2. The van der Waals surface area contributed by atoms with Gasteiger partial charge >= 0.3 is 0 Å². The lowest BCUT2D eigenvalue weighted by atomic mass is 9.96. The molecule has 0 aromatic heterocycles. The van der Waals surface area contributed by atoms with E-state index < -0.39 is 0 Å². The molecule has 0 spiro atoms. The first-order chi connectivity index (χ1) is 15.0. The lowest BCUT2D eigenvalue weighted by molar-refractivity contribution is -0.385. The van der Waals surface area contributed by atoms with Crippen LogP contribution in [-0.4, -0.2) is 47.6 Å². The Bertz CT molecular complexity index is 881. The average Bonchev–Trinajstić information content (AvgIpc) is 2.78. The van der Waals surface area contributed by atoms with E-state index in [2.05, 4.69) is 36.3 Å². The molecule has 2 aromatic carbocycles. The zero-order chi connectivity index (χ0) is 22.2. The first-order valence-electron chi connectivity index (χ1n) is 11.2. The molecule has 3 rings (SSSR count). The summed E-state index contributed by atoms with van der Waals surface area (Å²) in [7, 11) is 0. The molecule has 6 heteroatoms. The molecule has 0 N–H and O–H groups in total. The Balaban J connectivity index is 1.76. The quantitative estimate of drug-likeness (QED) is 0.262. The van der Waals surface area contributed by atoms with Crippen molar-refractivity contribution in [1.82, 2.24) is 4.90 Å². The number of nitrogens with zero attached hydrogens (tertiary/aromatic N) is 2. The SMILES string of the molecule is CSC(C)Cc1ccc(-c2ccc(C)c([N+](=O)[O-])c2)cc1COCCN1CCCCC1. The first-order valence-corrected chi connectivity index (χ1v) is 12.5. The van der Waals surface area contributed by atoms with Crippen molar-refractivity contribution in [2.75, 3.05) is 32.5 Å². The van der Waals surface area contributed by atoms with Gasteiger partial charge < -0.3 is 9.64 Å². The second kappa shape index (κ2) is 11.7. The van der Waals surface area contributed by atoms with E-state index in [9.17, 15) is 10.1 Å². The Morgan fingerprint density at radius 3 is 2.52 bits per heavy atom. The van der Waals surface area contributed by atoms with Crippen LogP contribution in [0.15, 0.2) is 36.4 Å². The molecule has 0 radical (unpaired) electrons. The van der Waals surface area contributed by atoms with Gasteiger partial charge in [-0.25, -0.2) is 0 Å². The molecule has 168 valence electrons. The minimum atomic E-state index is -0.308. The van der Waals surface area contributed by atoms with Crippen LogP contribution >= 0.6 is 11.8 Å². The molecule has 1 fully saturated rings. The van der Waals surface area contributed by atoms with Gasteiger partial charge in [0.05, 0.1) is 18.1 Å². The maximum Gasteiger partial charge on any atom is 0.272 e. The van der Waals surface area contributed by atoms with Crippen molar-refractivity contribution in [1.29, 1.82) is 0 Å². The van der Waals surface area contributed by atoms with E-state index in [0.717, 1.165) is 30.7 Å². The van der Waals surface area contributed by atoms with E-state index in [1.54, 1.807) is 13.0 Å². The Labute approximate surface area is 190 Å². The number of ether oxygens (including phenoxy) is 1. The highest BCUT2D eigenvalue weighted by molar-refractivity contribution is 7.99. The number of hydrogen-bond donors (Lipinski definition) is 0. The van der Waals surface area contributed by atoms with Crippen LogP contribution in [0, 0.1) is 17.0 Å². The largest absolute Gasteiger partial charge is 0.375 e. The van der Waals surface area contributed by atoms with Crippen LogP contribution in [0.2, 0.25) is 0 Å². The van der Waals surface area contributed by atoms with Crippen LogP contribution in [0.4, 0.5) is 5.69 Å². The molecule has 0 saturated carbocycles. The van der Waals surface area contributed by atoms with Gasteiger partial charge in [-0.05, 0) is 73.9 Å². The Hall–Kier alpha value is -1.89. The van der Waals surface area contributed by atoms with Gasteiger partial charge in [-0.15, -0.1) is 0 Å². The van der Waals surface area contributed by atoms with Crippen molar-refractivity contribution in [3.05, 3.63) is 63.2 Å². The highest BCUT2D eigenvalue weighted by Crippen LogP contribution is 2.29. The molecule has 0 bridgehead atoms. The van der Waals surface area contributed by atoms with E-state index in [1.165, 1.54) is 43.5 Å². The van der Waals surface area contributed by atoms with Gasteiger partial charge in [0.25, 0.3) is 5.69 Å². The molecule has 0 amide bonds. The smallest absolute Gasteiger partial charge is 0.272 e. The van der Waals surface area contributed by atoms with Gasteiger partial charge in [-0.1, -0.05) is 37.6 Å². The molecule has 1 atom stereocenters. The van der Waals surface area contributed by atoms with E-state index >= 15 is 0 Å². The molecule has 1 aliphatic heterocycles. The van der Waals surface area contributed by atoms with Gasteiger partial charge in [-0.3, -0.25) is 10.1 Å². The summed E-state index contributed by atoms with van der Waals surface area (Å²) >= 11 is 1.86. The summed E-state index contributed by atoms with van der Waals surface area (Å²) in [5.74, 6) is 0. The number of piperidine rings is 1. The number of nitro groups is 1. The van der Waals surface area contributed by atoms with Crippen molar-refractivity contribution >= 4 is 17.4 Å². The van der Waals surface area contributed by atoms with Crippen LogP contribution in [-0.2, 0) is 17.8 Å². The topological polar surface area (TPSA) is 55.6 Å². The lowest BCUT2D eigenvalue weighted by Gasteiger charge is -2.26. The number of nitro benzene ring substituents is 1. The zero-order valence-corrected chi connectivity index (χ0v) is 19.7. The van der Waals surface area contributed by atoms with Crippen LogP contribution < -0.4 is 0 Å². The summed E-state index contributed by atoms with van der Waals surface area (Å²) in [6, 6.07) is 11.9. The van der Waals surface area contributed by atoms with Crippen molar-refractivity contribution in [3.63, 3.8) is 0 Å². The van der Waals surface area contributed by atoms with Gasteiger partial charge in [0.1, 0.15) is 0 Å². The molecular weight excluding hydrogens is 408 g/mol. The number of aryl methyl sites for hydroxylation is 1. The maximum absolute atomic E-state index is 11.4. The predicted molar refractivity (Wildman–Crippen MR) is 130 cm³/mol. The van der Waals surface area contributed by atoms with Crippen LogP contribution in [0.1, 0.15) is 42.9 Å². The molecular formula is C25H34N2O3S. The van der Waals surface area contributed by atoms with E-state index in [0.29, 0.717) is 17.4 Å². The fourth-order valence-corrected chi connectivity index (χ4v) is 4.42. The monoisotopic (exact) mass is 442 g/mol. The second-order valence-corrected chi connectivity index (χ2v) is 9.72. The number of benzene rings is 2. The van der Waals surface area contributed by atoms with Gasteiger partial charge in [0, 0.05) is 23.4 Å². The van der Waals surface area contributed by atoms with Crippen molar-refractivity contribution in [3.8, 4) is 11.1 Å².